The lowest BCUT2D eigenvalue weighted by atomic mass is 10.1. The Kier molecular flexibility index (Phi) is 4.33. The van der Waals surface area contributed by atoms with Crippen LogP contribution in [-0.2, 0) is 6.54 Å². The number of nitrogens with zero attached hydrogens (tertiary/aromatic N) is 1. The van der Waals surface area contributed by atoms with Crippen LogP contribution in [0.2, 0.25) is 10.0 Å². The van der Waals surface area contributed by atoms with Crippen molar-refractivity contribution in [3.63, 3.8) is 0 Å². The fraction of sp³-hybridized carbons (Fsp3) is 0.600. The van der Waals surface area contributed by atoms with Crippen LogP contribution in [0.25, 0.3) is 0 Å². The summed E-state index contributed by atoms with van der Waals surface area (Å²) in [6.45, 7) is 3.32. The van der Waals surface area contributed by atoms with E-state index >= 15 is 0 Å². The average Bonchev–Trinajstić information content (AvgIpc) is 3.12. The molecule has 1 aromatic carbocycles. The third-order valence-electron chi connectivity index (χ3n) is 4.05. The van der Waals surface area contributed by atoms with Gasteiger partial charge in [0.15, 0.2) is 0 Å². The van der Waals surface area contributed by atoms with Crippen molar-refractivity contribution < 1.29 is 0 Å². The molecule has 0 bridgehead atoms. The zero-order valence-corrected chi connectivity index (χ0v) is 12.6. The Labute approximate surface area is 125 Å². The van der Waals surface area contributed by atoms with Gasteiger partial charge >= 0.3 is 0 Å². The molecule has 1 saturated carbocycles. The maximum Gasteiger partial charge on any atom is 0.0595 e. The largest absolute Gasteiger partial charge is 0.313 e. The Morgan fingerprint density at radius 3 is 2.63 bits per heavy atom. The lowest BCUT2D eigenvalue weighted by Gasteiger charge is -2.25. The molecule has 104 valence electrons. The third-order valence-corrected chi connectivity index (χ3v) is 4.79. The highest BCUT2D eigenvalue weighted by Crippen LogP contribution is 2.30. The zero-order valence-electron chi connectivity index (χ0n) is 11.0. The van der Waals surface area contributed by atoms with Gasteiger partial charge in [-0.2, -0.15) is 0 Å². The van der Waals surface area contributed by atoms with Gasteiger partial charge in [0.25, 0.3) is 0 Å². The molecule has 2 fully saturated rings. The highest BCUT2D eigenvalue weighted by Gasteiger charge is 2.31. The van der Waals surface area contributed by atoms with Gasteiger partial charge in [-0.15, -0.1) is 0 Å². The number of halogens is 2. The van der Waals surface area contributed by atoms with Crippen LogP contribution in [0.15, 0.2) is 18.2 Å². The molecule has 3 rings (SSSR count). The van der Waals surface area contributed by atoms with Gasteiger partial charge in [0.1, 0.15) is 0 Å². The molecule has 4 heteroatoms. The average molecular weight is 299 g/mol. The molecule has 0 aromatic heterocycles. The van der Waals surface area contributed by atoms with E-state index < -0.39 is 0 Å². The fourth-order valence-electron chi connectivity index (χ4n) is 2.85. The molecule has 1 N–H and O–H groups in total. The quantitative estimate of drug-likeness (QED) is 0.891. The summed E-state index contributed by atoms with van der Waals surface area (Å²) in [6, 6.07) is 7.44. The number of benzene rings is 1. The summed E-state index contributed by atoms with van der Waals surface area (Å²) < 4.78 is 0. The molecule has 0 amide bonds. The molecular weight excluding hydrogens is 279 g/mol. The van der Waals surface area contributed by atoms with E-state index in [0.29, 0.717) is 16.1 Å². The Morgan fingerprint density at radius 2 is 2.00 bits per heavy atom. The molecule has 1 aromatic rings. The van der Waals surface area contributed by atoms with E-state index in [4.69, 9.17) is 23.2 Å². The fourth-order valence-corrected chi connectivity index (χ4v) is 3.17. The smallest absolute Gasteiger partial charge is 0.0595 e. The highest BCUT2D eigenvalue weighted by atomic mass is 35.5. The van der Waals surface area contributed by atoms with Gasteiger partial charge in [0, 0.05) is 25.2 Å². The van der Waals surface area contributed by atoms with Gasteiger partial charge in [-0.1, -0.05) is 29.3 Å². The molecule has 2 nitrogen and oxygen atoms in total. The summed E-state index contributed by atoms with van der Waals surface area (Å²) in [5, 5.41) is 4.89. The minimum atomic E-state index is 0.640. The van der Waals surface area contributed by atoms with E-state index in [9.17, 15) is 0 Å². The Balaban J connectivity index is 1.64. The standard InChI is InChI=1S/C15H20Cl2N2/c16-14-6-3-11(8-15(14)17)9-19(13-4-5-13)10-12-2-1-7-18-12/h3,6,8,12-13,18H,1-2,4-5,7,9-10H2. The van der Waals surface area contributed by atoms with Crippen molar-refractivity contribution in [2.24, 2.45) is 0 Å². The highest BCUT2D eigenvalue weighted by molar-refractivity contribution is 6.42. The van der Waals surface area contributed by atoms with E-state index in [1.807, 2.05) is 12.1 Å². The first-order valence-corrected chi connectivity index (χ1v) is 7.89. The summed E-state index contributed by atoms with van der Waals surface area (Å²) in [5.41, 5.74) is 1.26. The molecule has 1 aliphatic heterocycles. The van der Waals surface area contributed by atoms with Crippen LogP contribution in [0, 0.1) is 0 Å². The zero-order chi connectivity index (χ0) is 13.2. The normalized spacial score (nSPS) is 23.2. The molecule has 1 saturated heterocycles. The van der Waals surface area contributed by atoms with Crippen LogP contribution in [0.4, 0.5) is 0 Å². The SMILES string of the molecule is Clc1ccc(CN(CC2CCCN2)C2CC2)cc1Cl. The van der Waals surface area contributed by atoms with Gasteiger partial charge in [-0.3, -0.25) is 4.90 Å². The Morgan fingerprint density at radius 1 is 1.16 bits per heavy atom. The Bertz CT molecular complexity index is 440. The number of rotatable bonds is 5. The molecule has 2 aliphatic rings. The molecule has 1 heterocycles. The minimum absolute atomic E-state index is 0.640. The third kappa shape index (κ3) is 3.63. The van der Waals surface area contributed by atoms with Gasteiger partial charge < -0.3 is 5.32 Å². The van der Waals surface area contributed by atoms with Crippen LogP contribution in [0.3, 0.4) is 0 Å². The number of nitrogens with one attached hydrogen (secondary N) is 1. The maximum absolute atomic E-state index is 6.10. The predicted octanol–water partition coefficient (Wildman–Crippen LogP) is 3.71. The van der Waals surface area contributed by atoms with Gasteiger partial charge in [0.05, 0.1) is 10.0 Å². The van der Waals surface area contributed by atoms with Crippen molar-refractivity contribution in [2.75, 3.05) is 13.1 Å². The lowest BCUT2D eigenvalue weighted by Crippen LogP contribution is -2.38. The van der Waals surface area contributed by atoms with Crippen molar-refractivity contribution in [1.82, 2.24) is 10.2 Å². The van der Waals surface area contributed by atoms with Crippen LogP contribution >= 0.6 is 23.2 Å². The molecule has 0 radical (unpaired) electrons. The molecular formula is C15H20Cl2N2. The van der Waals surface area contributed by atoms with Gasteiger partial charge in [0.2, 0.25) is 0 Å². The van der Waals surface area contributed by atoms with Crippen LogP contribution in [0.5, 0.6) is 0 Å². The first-order chi connectivity index (χ1) is 9.22. The second-order valence-electron chi connectivity index (χ2n) is 5.70. The predicted molar refractivity (Wildman–Crippen MR) is 80.9 cm³/mol. The van der Waals surface area contributed by atoms with Crippen molar-refractivity contribution >= 4 is 23.2 Å². The summed E-state index contributed by atoms with van der Waals surface area (Å²) in [5.74, 6) is 0. The van der Waals surface area contributed by atoms with Crippen molar-refractivity contribution in [3.05, 3.63) is 33.8 Å². The monoisotopic (exact) mass is 298 g/mol. The van der Waals surface area contributed by atoms with Gasteiger partial charge in [-0.05, 0) is 49.9 Å². The van der Waals surface area contributed by atoms with Crippen LogP contribution in [0.1, 0.15) is 31.2 Å². The topological polar surface area (TPSA) is 15.3 Å². The molecule has 0 spiro atoms. The van der Waals surface area contributed by atoms with Crippen LogP contribution < -0.4 is 5.32 Å². The lowest BCUT2D eigenvalue weighted by molar-refractivity contribution is 0.231. The van der Waals surface area contributed by atoms with Crippen molar-refractivity contribution in [2.45, 2.75) is 44.3 Å². The first-order valence-electron chi connectivity index (χ1n) is 7.14. The second-order valence-corrected chi connectivity index (χ2v) is 6.52. The van der Waals surface area contributed by atoms with E-state index in [1.165, 1.54) is 37.8 Å². The summed E-state index contributed by atoms with van der Waals surface area (Å²) in [4.78, 5) is 2.60. The van der Waals surface area contributed by atoms with Crippen LogP contribution in [-0.4, -0.2) is 30.1 Å². The molecule has 1 aliphatic carbocycles. The molecule has 19 heavy (non-hydrogen) atoms. The van der Waals surface area contributed by atoms with Gasteiger partial charge in [-0.25, -0.2) is 0 Å². The Hall–Kier alpha value is -0.280. The number of hydrogen-bond acceptors (Lipinski definition) is 2. The summed E-state index contributed by atoms with van der Waals surface area (Å²) in [7, 11) is 0. The maximum atomic E-state index is 6.10. The van der Waals surface area contributed by atoms with E-state index in [0.717, 1.165) is 19.1 Å². The van der Waals surface area contributed by atoms with E-state index in [1.54, 1.807) is 0 Å². The molecule has 1 unspecified atom stereocenters. The van der Waals surface area contributed by atoms with Crippen molar-refractivity contribution in [1.29, 1.82) is 0 Å². The molecule has 1 atom stereocenters. The number of hydrogen-bond donors (Lipinski definition) is 1. The minimum Gasteiger partial charge on any atom is -0.313 e. The van der Waals surface area contributed by atoms with Crippen molar-refractivity contribution in [3.8, 4) is 0 Å². The first kappa shape index (κ1) is 13.7. The summed E-state index contributed by atoms with van der Waals surface area (Å²) in [6.07, 6.45) is 5.31. The second kappa shape index (κ2) is 6.01. The van der Waals surface area contributed by atoms with E-state index in [-0.39, 0.29) is 0 Å². The van der Waals surface area contributed by atoms with E-state index in [2.05, 4.69) is 16.3 Å². The summed E-state index contributed by atoms with van der Waals surface area (Å²) >= 11 is 12.1.